The Bertz CT molecular complexity index is 899. The molecule has 1 N–H and O–H groups in total. The van der Waals surface area contributed by atoms with E-state index in [2.05, 4.69) is 52.2 Å². The number of anilines is 1. The molecule has 3 aromatic rings. The summed E-state index contributed by atoms with van der Waals surface area (Å²) in [6.07, 6.45) is 1.72. The van der Waals surface area contributed by atoms with Crippen LogP contribution in [0.5, 0.6) is 0 Å². The van der Waals surface area contributed by atoms with Gasteiger partial charge in [-0.25, -0.2) is 4.98 Å². The molecule has 1 aromatic heterocycles. The molecule has 118 valence electrons. The summed E-state index contributed by atoms with van der Waals surface area (Å²) in [4.78, 5) is 16.7. The topological polar surface area (TPSA) is 46.9 Å². The number of hydrogen-bond acceptors (Lipinski definition) is 2. The second-order valence-electron chi connectivity index (χ2n) is 5.81. The Balaban J connectivity index is 1.81. The fourth-order valence-electron chi connectivity index (χ4n) is 2.55. The molecule has 0 saturated heterocycles. The lowest BCUT2D eigenvalue weighted by atomic mass is 10.1. The maximum atomic E-state index is 12.3. The maximum absolute atomic E-state index is 12.3. The molecule has 23 heavy (non-hydrogen) atoms. The van der Waals surface area contributed by atoms with Gasteiger partial charge in [-0.1, -0.05) is 15.9 Å². The van der Waals surface area contributed by atoms with E-state index in [1.54, 1.807) is 6.33 Å². The number of carbonyl (C=O) groups excluding carboxylic acids is 1. The fourth-order valence-corrected chi connectivity index (χ4v) is 3.03. The zero-order chi connectivity index (χ0) is 16.6. The van der Waals surface area contributed by atoms with Gasteiger partial charge in [-0.05, 0) is 67.8 Å². The van der Waals surface area contributed by atoms with Gasteiger partial charge in [0, 0.05) is 10.2 Å². The molecular weight excluding hydrogens is 354 g/mol. The number of amides is 1. The van der Waals surface area contributed by atoms with Crippen LogP contribution in [0.25, 0.3) is 11.0 Å². The highest BCUT2D eigenvalue weighted by Crippen LogP contribution is 2.21. The van der Waals surface area contributed by atoms with Crippen LogP contribution >= 0.6 is 15.9 Å². The number of benzene rings is 2. The van der Waals surface area contributed by atoms with E-state index in [9.17, 15) is 4.79 Å². The summed E-state index contributed by atoms with van der Waals surface area (Å²) in [5.74, 6) is -0.0621. The predicted molar refractivity (Wildman–Crippen MR) is 96.7 cm³/mol. The van der Waals surface area contributed by atoms with Gasteiger partial charge in [0.2, 0.25) is 5.91 Å². The van der Waals surface area contributed by atoms with Crippen molar-refractivity contribution in [2.45, 2.75) is 27.3 Å². The third-order valence-corrected chi connectivity index (χ3v) is 4.51. The van der Waals surface area contributed by atoms with Gasteiger partial charge in [0.1, 0.15) is 6.54 Å². The van der Waals surface area contributed by atoms with Crippen LogP contribution in [0, 0.1) is 20.8 Å². The first-order valence-electron chi connectivity index (χ1n) is 7.42. The average Bonchev–Trinajstić information content (AvgIpc) is 2.85. The summed E-state index contributed by atoms with van der Waals surface area (Å²) in [6, 6.07) is 9.93. The summed E-state index contributed by atoms with van der Waals surface area (Å²) >= 11 is 3.43. The van der Waals surface area contributed by atoms with Gasteiger partial charge in [-0.15, -0.1) is 0 Å². The van der Waals surface area contributed by atoms with E-state index in [0.717, 1.165) is 26.8 Å². The van der Waals surface area contributed by atoms with Gasteiger partial charge in [0.15, 0.2) is 0 Å². The fraction of sp³-hybridized carbons (Fsp3) is 0.222. The van der Waals surface area contributed by atoms with E-state index in [4.69, 9.17) is 0 Å². The van der Waals surface area contributed by atoms with Gasteiger partial charge in [-0.3, -0.25) is 4.79 Å². The molecule has 0 aliphatic carbocycles. The SMILES string of the molecule is Cc1cc2ncn(CC(=O)Nc3ccc(Br)cc3C)c2cc1C. The van der Waals surface area contributed by atoms with Crippen LogP contribution in [0.15, 0.2) is 41.1 Å². The highest BCUT2D eigenvalue weighted by atomic mass is 79.9. The average molecular weight is 372 g/mol. The van der Waals surface area contributed by atoms with Gasteiger partial charge >= 0.3 is 0 Å². The molecule has 0 bridgehead atoms. The van der Waals surface area contributed by atoms with E-state index in [1.807, 2.05) is 29.7 Å². The minimum Gasteiger partial charge on any atom is -0.324 e. The first kappa shape index (κ1) is 15.7. The van der Waals surface area contributed by atoms with Crippen LogP contribution in [-0.2, 0) is 11.3 Å². The predicted octanol–water partition coefficient (Wildman–Crippen LogP) is 4.36. The molecule has 0 spiro atoms. The van der Waals surface area contributed by atoms with E-state index in [-0.39, 0.29) is 12.5 Å². The van der Waals surface area contributed by atoms with Crippen molar-refractivity contribution in [1.29, 1.82) is 0 Å². The second kappa shape index (κ2) is 6.16. The molecule has 0 aliphatic heterocycles. The monoisotopic (exact) mass is 371 g/mol. The molecule has 0 unspecified atom stereocenters. The number of fused-ring (bicyclic) bond motifs is 1. The normalized spacial score (nSPS) is 11.0. The molecule has 0 atom stereocenters. The Kier molecular flexibility index (Phi) is 4.22. The van der Waals surface area contributed by atoms with Crippen molar-refractivity contribution < 1.29 is 4.79 Å². The third kappa shape index (κ3) is 3.29. The minimum atomic E-state index is -0.0621. The standard InChI is InChI=1S/C18H18BrN3O/c1-11-7-16-17(8-12(11)2)22(10-20-16)9-18(23)21-15-5-4-14(19)6-13(15)3/h4-8,10H,9H2,1-3H3,(H,21,23). The van der Waals surface area contributed by atoms with Crippen molar-refractivity contribution in [3.8, 4) is 0 Å². The first-order valence-corrected chi connectivity index (χ1v) is 8.21. The minimum absolute atomic E-state index is 0.0621. The number of nitrogens with one attached hydrogen (secondary N) is 1. The van der Waals surface area contributed by atoms with Crippen molar-refractivity contribution in [2.24, 2.45) is 0 Å². The Morgan fingerprint density at radius 2 is 1.87 bits per heavy atom. The molecule has 0 aliphatic rings. The van der Waals surface area contributed by atoms with Crippen LogP contribution in [0.3, 0.4) is 0 Å². The molecule has 0 fully saturated rings. The molecule has 4 nitrogen and oxygen atoms in total. The Hall–Kier alpha value is -2.14. The lowest BCUT2D eigenvalue weighted by Gasteiger charge is -2.10. The van der Waals surface area contributed by atoms with E-state index in [1.165, 1.54) is 11.1 Å². The molecule has 1 amide bonds. The van der Waals surface area contributed by atoms with Gasteiger partial charge in [-0.2, -0.15) is 0 Å². The van der Waals surface area contributed by atoms with Gasteiger partial charge < -0.3 is 9.88 Å². The largest absolute Gasteiger partial charge is 0.324 e. The van der Waals surface area contributed by atoms with Crippen molar-refractivity contribution in [2.75, 3.05) is 5.32 Å². The van der Waals surface area contributed by atoms with Crippen molar-refractivity contribution in [3.63, 3.8) is 0 Å². The molecular formula is C18H18BrN3O. The lowest BCUT2D eigenvalue weighted by Crippen LogP contribution is -2.18. The summed E-state index contributed by atoms with van der Waals surface area (Å²) in [7, 11) is 0. The van der Waals surface area contributed by atoms with Crippen LogP contribution in [0.2, 0.25) is 0 Å². The molecule has 2 aromatic carbocycles. The number of halogens is 1. The Morgan fingerprint density at radius 1 is 1.13 bits per heavy atom. The maximum Gasteiger partial charge on any atom is 0.244 e. The van der Waals surface area contributed by atoms with Crippen molar-refractivity contribution >= 4 is 38.6 Å². The first-order chi connectivity index (χ1) is 10.9. The van der Waals surface area contributed by atoms with Gasteiger partial charge in [0.25, 0.3) is 0 Å². The number of nitrogens with zero attached hydrogens (tertiary/aromatic N) is 2. The summed E-state index contributed by atoms with van der Waals surface area (Å²) in [6.45, 7) is 6.35. The number of aryl methyl sites for hydroxylation is 3. The molecule has 0 saturated carbocycles. The zero-order valence-electron chi connectivity index (χ0n) is 13.4. The zero-order valence-corrected chi connectivity index (χ0v) is 14.9. The number of imidazole rings is 1. The number of hydrogen-bond donors (Lipinski definition) is 1. The molecule has 5 heteroatoms. The van der Waals surface area contributed by atoms with Gasteiger partial charge in [0.05, 0.1) is 17.4 Å². The highest BCUT2D eigenvalue weighted by molar-refractivity contribution is 9.10. The van der Waals surface area contributed by atoms with E-state index >= 15 is 0 Å². The van der Waals surface area contributed by atoms with Crippen LogP contribution in [0.4, 0.5) is 5.69 Å². The van der Waals surface area contributed by atoms with E-state index < -0.39 is 0 Å². The van der Waals surface area contributed by atoms with Crippen LogP contribution in [0.1, 0.15) is 16.7 Å². The van der Waals surface area contributed by atoms with Crippen molar-refractivity contribution in [3.05, 3.63) is 57.8 Å². The third-order valence-electron chi connectivity index (χ3n) is 4.01. The van der Waals surface area contributed by atoms with Crippen LogP contribution in [-0.4, -0.2) is 15.5 Å². The smallest absolute Gasteiger partial charge is 0.244 e. The molecule has 0 radical (unpaired) electrons. The summed E-state index contributed by atoms with van der Waals surface area (Å²) in [5.41, 5.74) is 6.15. The van der Waals surface area contributed by atoms with E-state index in [0.29, 0.717) is 0 Å². The summed E-state index contributed by atoms with van der Waals surface area (Å²) in [5, 5.41) is 2.96. The van der Waals surface area contributed by atoms with Crippen LogP contribution < -0.4 is 5.32 Å². The molecule has 1 heterocycles. The highest BCUT2D eigenvalue weighted by Gasteiger charge is 2.10. The quantitative estimate of drug-likeness (QED) is 0.743. The second-order valence-corrected chi connectivity index (χ2v) is 6.72. The van der Waals surface area contributed by atoms with Crippen molar-refractivity contribution in [1.82, 2.24) is 9.55 Å². The Morgan fingerprint density at radius 3 is 2.61 bits per heavy atom. The number of rotatable bonds is 3. The number of aromatic nitrogens is 2. The number of carbonyl (C=O) groups is 1. The summed E-state index contributed by atoms with van der Waals surface area (Å²) < 4.78 is 2.88. The lowest BCUT2D eigenvalue weighted by molar-refractivity contribution is -0.116. The Labute approximate surface area is 143 Å². The molecule has 3 rings (SSSR count).